The predicted octanol–water partition coefficient (Wildman–Crippen LogP) is 0.545. The maximum absolute atomic E-state index is 5.00. The van der Waals surface area contributed by atoms with E-state index >= 15 is 0 Å². The Balaban J connectivity index is 2.28. The van der Waals surface area contributed by atoms with E-state index in [2.05, 4.69) is 30.3 Å². The average Bonchev–Trinajstić information content (AvgIpc) is 2.07. The standard InChI is InChI=1S/C9H14OSi/c1-10-7-8-11-9-5-3-2-4-6-9/h2-6H,7-8,11H2,1H3. The van der Waals surface area contributed by atoms with E-state index in [1.807, 2.05) is 0 Å². The molecule has 0 spiro atoms. The van der Waals surface area contributed by atoms with Gasteiger partial charge in [-0.15, -0.1) is 0 Å². The van der Waals surface area contributed by atoms with Gasteiger partial charge in [0, 0.05) is 13.7 Å². The highest BCUT2D eigenvalue weighted by Gasteiger charge is 1.90. The molecule has 0 saturated carbocycles. The summed E-state index contributed by atoms with van der Waals surface area (Å²) in [6.07, 6.45) is 0. The second-order valence-electron chi connectivity index (χ2n) is 2.58. The minimum Gasteiger partial charge on any atom is -0.385 e. The van der Waals surface area contributed by atoms with Gasteiger partial charge in [-0.05, 0) is 6.04 Å². The molecule has 0 radical (unpaired) electrons. The first kappa shape index (κ1) is 8.49. The van der Waals surface area contributed by atoms with E-state index in [0.717, 1.165) is 6.61 Å². The molecule has 0 aromatic heterocycles. The normalized spacial score (nSPS) is 11.0. The third kappa shape index (κ3) is 3.35. The maximum atomic E-state index is 5.00. The molecule has 0 aliphatic carbocycles. The fourth-order valence-corrected chi connectivity index (χ4v) is 2.51. The first-order chi connectivity index (χ1) is 5.43. The summed E-state index contributed by atoms with van der Waals surface area (Å²) in [6, 6.07) is 11.9. The molecule has 1 aromatic carbocycles. The lowest BCUT2D eigenvalue weighted by molar-refractivity contribution is 0.215. The Morgan fingerprint density at radius 1 is 1.27 bits per heavy atom. The van der Waals surface area contributed by atoms with Crippen LogP contribution in [0, 0.1) is 0 Å². The van der Waals surface area contributed by atoms with Crippen molar-refractivity contribution in [3.05, 3.63) is 30.3 Å². The Bertz CT molecular complexity index is 186. The zero-order valence-corrected chi connectivity index (χ0v) is 8.33. The molecule has 0 aliphatic heterocycles. The van der Waals surface area contributed by atoms with Gasteiger partial charge in [-0.3, -0.25) is 0 Å². The largest absolute Gasteiger partial charge is 0.385 e. The van der Waals surface area contributed by atoms with Crippen molar-refractivity contribution in [1.82, 2.24) is 0 Å². The minimum absolute atomic E-state index is 0.0474. The molecule has 0 saturated heterocycles. The molecule has 0 bridgehead atoms. The lowest BCUT2D eigenvalue weighted by Crippen LogP contribution is -2.14. The third-order valence-electron chi connectivity index (χ3n) is 1.66. The van der Waals surface area contributed by atoms with Crippen molar-refractivity contribution in [2.24, 2.45) is 0 Å². The number of methoxy groups -OCH3 is 1. The number of ether oxygens (including phenoxy) is 1. The Hall–Kier alpha value is -0.603. The molecular weight excluding hydrogens is 152 g/mol. The number of benzene rings is 1. The summed E-state index contributed by atoms with van der Waals surface area (Å²) >= 11 is 0. The lowest BCUT2D eigenvalue weighted by Gasteiger charge is -1.98. The van der Waals surface area contributed by atoms with E-state index in [1.165, 1.54) is 11.2 Å². The van der Waals surface area contributed by atoms with Crippen LogP contribution in [0.1, 0.15) is 0 Å². The molecule has 0 heterocycles. The van der Waals surface area contributed by atoms with E-state index in [0.29, 0.717) is 0 Å². The Labute approximate surface area is 70.2 Å². The fraction of sp³-hybridized carbons (Fsp3) is 0.333. The van der Waals surface area contributed by atoms with Crippen LogP contribution in [-0.4, -0.2) is 23.2 Å². The summed E-state index contributed by atoms with van der Waals surface area (Å²) in [6.45, 7) is 0.918. The topological polar surface area (TPSA) is 9.23 Å². The van der Waals surface area contributed by atoms with Gasteiger partial charge in [-0.2, -0.15) is 0 Å². The van der Waals surface area contributed by atoms with Gasteiger partial charge in [0.1, 0.15) is 0 Å². The van der Waals surface area contributed by atoms with Crippen molar-refractivity contribution in [3.63, 3.8) is 0 Å². The Morgan fingerprint density at radius 3 is 2.64 bits per heavy atom. The highest BCUT2D eigenvalue weighted by molar-refractivity contribution is 6.53. The molecule has 2 heteroatoms. The van der Waals surface area contributed by atoms with Gasteiger partial charge in [-0.25, -0.2) is 0 Å². The molecule has 0 unspecified atom stereocenters. The van der Waals surface area contributed by atoms with Gasteiger partial charge < -0.3 is 4.74 Å². The fourth-order valence-electron chi connectivity index (χ4n) is 1.07. The molecule has 0 atom stereocenters. The van der Waals surface area contributed by atoms with Crippen molar-refractivity contribution >= 4 is 14.7 Å². The van der Waals surface area contributed by atoms with Gasteiger partial charge in [0.15, 0.2) is 0 Å². The quantitative estimate of drug-likeness (QED) is 0.469. The summed E-state index contributed by atoms with van der Waals surface area (Å²) in [7, 11) is 1.72. The molecule has 60 valence electrons. The molecule has 0 aliphatic rings. The van der Waals surface area contributed by atoms with E-state index < -0.39 is 0 Å². The molecular formula is C9H14OSi. The van der Waals surface area contributed by atoms with E-state index in [9.17, 15) is 0 Å². The van der Waals surface area contributed by atoms with Crippen LogP contribution in [0.15, 0.2) is 30.3 Å². The summed E-state index contributed by atoms with van der Waals surface area (Å²) in [5, 5.41) is 1.53. The first-order valence-electron chi connectivity index (χ1n) is 3.96. The van der Waals surface area contributed by atoms with E-state index in [-0.39, 0.29) is 9.52 Å². The van der Waals surface area contributed by atoms with Gasteiger partial charge in [-0.1, -0.05) is 35.5 Å². The number of rotatable bonds is 4. The highest BCUT2D eigenvalue weighted by atomic mass is 28.2. The monoisotopic (exact) mass is 166 g/mol. The van der Waals surface area contributed by atoms with Gasteiger partial charge in [0.2, 0.25) is 0 Å². The average molecular weight is 166 g/mol. The Morgan fingerprint density at radius 2 is 2.00 bits per heavy atom. The van der Waals surface area contributed by atoms with Crippen LogP contribution in [0.2, 0.25) is 6.04 Å². The van der Waals surface area contributed by atoms with Gasteiger partial charge >= 0.3 is 0 Å². The summed E-state index contributed by atoms with van der Waals surface area (Å²) in [5.41, 5.74) is 0. The van der Waals surface area contributed by atoms with Crippen LogP contribution in [-0.2, 0) is 4.74 Å². The van der Waals surface area contributed by atoms with Crippen LogP contribution >= 0.6 is 0 Å². The Kier molecular flexibility index (Phi) is 3.94. The summed E-state index contributed by atoms with van der Waals surface area (Å²) < 4.78 is 5.00. The van der Waals surface area contributed by atoms with Crippen LogP contribution in [0.4, 0.5) is 0 Å². The molecule has 0 fully saturated rings. The SMILES string of the molecule is COCC[SiH2]c1ccccc1. The van der Waals surface area contributed by atoms with E-state index in [1.54, 1.807) is 7.11 Å². The second kappa shape index (κ2) is 5.10. The third-order valence-corrected chi connectivity index (χ3v) is 3.35. The van der Waals surface area contributed by atoms with Gasteiger partial charge in [0.25, 0.3) is 0 Å². The van der Waals surface area contributed by atoms with Crippen LogP contribution in [0.25, 0.3) is 0 Å². The smallest absolute Gasteiger partial charge is 0.0570 e. The lowest BCUT2D eigenvalue weighted by atomic mass is 10.4. The van der Waals surface area contributed by atoms with E-state index in [4.69, 9.17) is 4.74 Å². The van der Waals surface area contributed by atoms with Crippen molar-refractivity contribution in [1.29, 1.82) is 0 Å². The summed E-state index contributed by atoms with van der Waals surface area (Å²) in [4.78, 5) is 0. The van der Waals surface area contributed by atoms with Crippen LogP contribution < -0.4 is 5.19 Å². The molecule has 1 aromatic rings. The van der Waals surface area contributed by atoms with Crippen LogP contribution in [0.3, 0.4) is 0 Å². The zero-order valence-electron chi connectivity index (χ0n) is 6.92. The summed E-state index contributed by atoms with van der Waals surface area (Å²) in [5.74, 6) is 0. The predicted molar refractivity (Wildman–Crippen MR) is 51.3 cm³/mol. The number of hydrogen-bond acceptors (Lipinski definition) is 1. The van der Waals surface area contributed by atoms with Crippen molar-refractivity contribution in [2.75, 3.05) is 13.7 Å². The first-order valence-corrected chi connectivity index (χ1v) is 5.67. The molecule has 0 N–H and O–H groups in total. The zero-order chi connectivity index (χ0) is 7.94. The molecule has 1 rings (SSSR count). The van der Waals surface area contributed by atoms with Crippen LogP contribution in [0.5, 0.6) is 0 Å². The second-order valence-corrected chi connectivity index (χ2v) is 4.61. The number of hydrogen-bond donors (Lipinski definition) is 0. The maximum Gasteiger partial charge on any atom is 0.0570 e. The van der Waals surface area contributed by atoms with Gasteiger partial charge in [0.05, 0.1) is 9.52 Å². The van der Waals surface area contributed by atoms with Crippen molar-refractivity contribution in [3.8, 4) is 0 Å². The van der Waals surface area contributed by atoms with Crippen molar-refractivity contribution in [2.45, 2.75) is 6.04 Å². The van der Waals surface area contributed by atoms with Crippen molar-refractivity contribution < 1.29 is 4.74 Å². The molecule has 11 heavy (non-hydrogen) atoms. The minimum atomic E-state index is -0.0474. The highest BCUT2D eigenvalue weighted by Crippen LogP contribution is 1.84. The molecule has 1 nitrogen and oxygen atoms in total. The molecule has 0 amide bonds.